The number of nitrogens with zero attached hydrogens (tertiary/aromatic N) is 5. The fourth-order valence-corrected chi connectivity index (χ4v) is 12.3. The van der Waals surface area contributed by atoms with E-state index in [2.05, 4.69) is 36.8 Å². The van der Waals surface area contributed by atoms with E-state index in [1.165, 1.54) is 12.0 Å². The van der Waals surface area contributed by atoms with Gasteiger partial charge in [0.15, 0.2) is 0 Å². The first kappa shape index (κ1) is 68.6. The van der Waals surface area contributed by atoms with Crippen LogP contribution in [0.25, 0.3) is 0 Å². The van der Waals surface area contributed by atoms with Crippen molar-refractivity contribution in [2.45, 2.75) is 127 Å². The lowest BCUT2D eigenvalue weighted by molar-refractivity contribution is -0.160. The molecule has 1 aromatic rings. The van der Waals surface area contributed by atoms with Crippen LogP contribution >= 0.6 is 0 Å². The molecule has 0 aromatic heterocycles. The number of benzene rings is 1. The molecule has 2 bridgehead atoms. The van der Waals surface area contributed by atoms with Crippen LogP contribution in [0.15, 0.2) is 18.2 Å². The first-order valence-corrected chi connectivity index (χ1v) is 31.3. The van der Waals surface area contributed by atoms with E-state index in [0.717, 1.165) is 11.1 Å². The van der Waals surface area contributed by atoms with E-state index in [9.17, 15) is 71.3 Å². The Bertz CT molecular complexity index is 2690. The summed E-state index contributed by atoms with van der Waals surface area (Å²) in [7, 11) is 1.34. The van der Waals surface area contributed by atoms with Crippen molar-refractivity contribution in [1.82, 2.24) is 51.5 Å². The molecule has 6 aliphatic heterocycles. The van der Waals surface area contributed by atoms with Crippen LogP contribution in [0, 0.1) is 11.8 Å². The van der Waals surface area contributed by atoms with Gasteiger partial charge in [-0.25, -0.2) is 0 Å². The van der Waals surface area contributed by atoms with Gasteiger partial charge in [-0.05, 0) is 74.6 Å². The van der Waals surface area contributed by atoms with Crippen molar-refractivity contribution in [3.8, 4) is 0 Å². The van der Waals surface area contributed by atoms with Gasteiger partial charge in [0.2, 0.25) is 47.6 Å². The quantitative estimate of drug-likeness (QED) is 0.0245. The summed E-state index contributed by atoms with van der Waals surface area (Å²) in [6.45, 7) is 7.06. The number of nitrogens with one attached hydrogen (secondary N) is 6. The van der Waals surface area contributed by atoms with Crippen molar-refractivity contribution in [2.24, 2.45) is 11.8 Å². The molecule has 6 heterocycles. The number of piperidine rings is 1. The molecule has 4 saturated heterocycles. The maximum atomic E-state index is 14.4. The normalized spacial score (nSPS) is 24.2. The number of amides is 7. The number of carbonyl (C=O) groups is 12. The van der Waals surface area contributed by atoms with Crippen LogP contribution in [0.3, 0.4) is 0 Å². The maximum absolute atomic E-state index is 14.4. The van der Waals surface area contributed by atoms with E-state index in [1.54, 1.807) is 6.92 Å². The first-order chi connectivity index (χ1) is 42.1. The molecule has 4 fully saturated rings. The summed E-state index contributed by atoms with van der Waals surface area (Å²) >= 11 is -3.93. The van der Waals surface area contributed by atoms with Crippen LogP contribution in [0.5, 0.6) is 0 Å². The predicted octanol–water partition coefficient (Wildman–Crippen LogP) is -3.17. The number of para-hydroxylation sites is 1. The first-order valence-electron chi connectivity index (χ1n) is 29.9. The van der Waals surface area contributed by atoms with Gasteiger partial charge in [0.1, 0.15) is 42.9 Å². The second-order valence-corrected chi connectivity index (χ2v) is 24.0. The zero-order valence-electron chi connectivity index (χ0n) is 49.8. The highest BCUT2D eigenvalue weighted by Crippen LogP contribution is 2.39. The molecule has 30 nitrogen and oxygen atoms in total. The van der Waals surface area contributed by atoms with Crippen LogP contribution in [-0.2, 0) is 92.2 Å². The molecular formula is C56H81AlFN11O19. The molecule has 6 aliphatic rings. The number of aliphatic carboxylic acids is 2. The zero-order chi connectivity index (χ0) is 63.6. The van der Waals surface area contributed by atoms with E-state index in [0.29, 0.717) is 90.3 Å². The summed E-state index contributed by atoms with van der Waals surface area (Å²) in [6.07, 6.45) is -0.308. The minimum atomic E-state index is -3.93. The Morgan fingerprint density at radius 3 is 1.99 bits per heavy atom. The smallest absolute Gasteiger partial charge is 0.558 e. The van der Waals surface area contributed by atoms with E-state index >= 15 is 0 Å². The average Bonchev–Trinajstić information content (AvgIpc) is 3.75. The standard InChI is InChI=1S/C56H83N11O19.Al.FH/c1-4-33(2)49(54(82)60-39-9-8-35-6-5-7-36-26-41(67(50(35)36)55(39)83)53(81)61-40-27-48(78)86-56(40)84-3)62-43(69)32-85-25-16-57-51(79)37(10-12-44(70)71)59-52(80)38(11-13-45(72)73)58-42(68)29-63-17-14-34(15-18-63)28-64-19-21-65(30-46(74)75)23-24-66(22-20-64)31-47(76)77;;/h5-7,33-34,37-41,49,56H,4,8-32H2,1-3H3,(H,57,79)(H,58,68)(H,59,80)(H,60,82)(H,61,81)(H,62,69)(H,70,71)(H,72,73)(H,74,75)(H,76,77);;1H/q;+3;/p-3/t33-,37+,38+,39-,40-,41-,49-,56-;;/m0../s1. The number of cyclic esters (lactones) is 1. The fourth-order valence-electron chi connectivity index (χ4n) is 11.7. The van der Waals surface area contributed by atoms with Crippen molar-refractivity contribution in [3.63, 3.8) is 0 Å². The lowest BCUT2D eigenvalue weighted by Crippen LogP contribution is -2.59. The predicted molar refractivity (Wildman–Crippen MR) is 305 cm³/mol. The van der Waals surface area contributed by atoms with Gasteiger partial charge in [0.05, 0.1) is 38.3 Å². The van der Waals surface area contributed by atoms with Gasteiger partial charge in [-0.2, -0.15) is 0 Å². The van der Waals surface area contributed by atoms with Crippen LogP contribution in [-0.4, -0.2) is 264 Å². The van der Waals surface area contributed by atoms with Crippen molar-refractivity contribution in [1.29, 1.82) is 0 Å². The number of anilines is 1. The Balaban J connectivity index is 0.860. The topological polar surface area (TPSA) is 380 Å². The highest BCUT2D eigenvalue weighted by Gasteiger charge is 2.47. The number of hydrogen-bond acceptors (Lipinski definition) is 21. The van der Waals surface area contributed by atoms with Crippen molar-refractivity contribution in [3.05, 3.63) is 29.3 Å². The maximum Gasteiger partial charge on any atom is 1.15 e. The van der Waals surface area contributed by atoms with Crippen molar-refractivity contribution >= 4 is 92.2 Å². The second-order valence-electron chi connectivity index (χ2n) is 23.0. The average molecular weight is 1260 g/mol. The number of fused-ring (bicyclic) bond motifs is 3. The third-order valence-electron chi connectivity index (χ3n) is 16.7. The molecule has 88 heavy (non-hydrogen) atoms. The summed E-state index contributed by atoms with van der Waals surface area (Å²) in [5.41, 5.74) is 2.16. The van der Waals surface area contributed by atoms with E-state index in [1.807, 2.05) is 39.8 Å². The van der Waals surface area contributed by atoms with Crippen molar-refractivity contribution < 1.29 is 93.1 Å². The number of methoxy groups -OCH3 is 1. The molecule has 2 unspecified atom stereocenters. The molecule has 0 spiro atoms. The number of aryl methyl sites for hydroxylation is 1. The minimum Gasteiger partial charge on any atom is -0.558 e. The summed E-state index contributed by atoms with van der Waals surface area (Å²) in [5, 5.41) is 34.9. The molecule has 8 N–H and O–H groups in total. The summed E-state index contributed by atoms with van der Waals surface area (Å²) < 4.78 is 39.5. The van der Waals surface area contributed by atoms with Crippen LogP contribution in [0.1, 0.15) is 82.8 Å². The number of carbonyl (C=O) groups excluding carboxylic acids is 10. The molecule has 7 rings (SSSR count). The molecule has 0 saturated carbocycles. The highest BCUT2D eigenvalue weighted by molar-refractivity contribution is 6.41. The molecule has 32 heteroatoms. The Morgan fingerprint density at radius 2 is 1.36 bits per heavy atom. The minimum absolute atomic E-state index is 0.120. The molecular weight excluding hydrogens is 1180 g/mol. The van der Waals surface area contributed by atoms with Crippen LogP contribution in [0.4, 0.5) is 9.21 Å². The van der Waals surface area contributed by atoms with Gasteiger partial charge in [-0.15, -0.1) is 0 Å². The number of carboxylic acids is 2. The largest absolute Gasteiger partial charge is 1.15 e. The van der Waals surface area contributed by atoms with Gasteiger partial charge >= 0.3 is 33.2 Å². The molecule has 0 radical (unpaired) electrons. The molecule has 1 aromatic carbocycles. The fraction of sp³-hybridized carbons (Fsp3) is 0.679. The van der Waals surface area contributed by atoms with Gasteiger partial charge in [0, 0.05) is 78.7 Å². The third-order valence-corrected chi connectivity index (χ3v) is 17.6. The summed E-state index contributed by atoms with van der Waals surface area (Å²) in [4.78, 5) is 166. The third kappa shape index (κ3) is 20.0. The number of halogens is 1. The Labute approximate surface area is 513 Å². The van der Waals surface area contributed by atoms with Gasteiger partial charge in [0.25, 0.3) is 11.9 Å². The number of likely N-dealkylation sites (tertiary alicyclic amines) is 1. The zero-order valence-corrected chi connectivity index (χ0v) is 51.0. The van der Waals surface area contributed by atoms with Crippen LogP contribution < -0.4 is 36.8 Å². The highest BCUT2D eigenvalue weighted by atomic mass is 27.3. The lowest BCUT2D eigenvalue weighted by atomic mass is 9.96. The van der Waals surface area contributed by atoms with Crippen LogP contribution in [0.2, 0.25) is 0 Å². The van der Waals surface area contributed by atoms with Gasteiger partial charge < -0.3 is 72.3 Å². The SMILES string of the molecule is CC[C@H](C)[C@H](NC(=O)COCCNC(=O)[C@@H](CCC(=O)O)NC(=O)[C@@H](CCC(=O)O)NC(=O)CN1CCC(CN2CCN3CCN(CC2)CC(=O)[O][Al]([F])[O]C(=O)C3)CC1)C(=O)N[C@H]1CCc2cccc3c2N(C1=O)[C@H](C(=O)N[C@H]1CC(=O)O[C@@H]1OC)C3. The van der Waals surface area contributed by atoms with Gasteiger partial charge in [-0.1, -0.05) is 38.5 Å². The van der Waals surface area contributed by atoms with Gasteiger partial charge in [-0.3, -0.25) is 77.1 Å². The molecule has 484 valence electrons. The lowest BCUT2D eigenvalue weighted by Gasteiger charge is -2.35. The number of hydrogen-bond donors (Lipinski definition) is 8. The molecule has 0 aliphatic carbocycles. The number of carboxylic acid groups (broad SMARTS) is 2. The summed E-state index contributed by atoms with van der Waals surface area (Å²) in [5.74, 6) is -9.60. The summed E-state index contributed by atoms with van der Waals surface area (Å²) in [6, 6.07) is -1.37. The second kappa shape index (κ2) is 33.1. The monoisotopic (exact) mass is 1260 g/mol. The number of rotatable bonds is 27. The van der Waals surface area contributed by atoms with E-state index in [4.69, 9.17) is 21.8 Å². The Morgan fingerprint density at radius 1 is 0.739 bits per heavy atom. The number of ether oxygens (including phenoxy) is 3. The van der Waals surface area contributed by atoms with E-state index in [-0.39, 0.29) is 70.8 Å². The van der Waals surface area contributed by atoms with E-state index < -0.39 is 154 Å². The Kier molecular flexibility index (Phi) is 25.8. The molecule has 7 amide bonds. The Hall–Kier alpha value is -6.92. The number of esters is 1. The van der Waals surface area contributed by atoms with Crippen molar-refractivity contribution in [2.75, 3.05) is 110 Å². The molecule has 10 atom stereocenters.